The Kier molecular flexibility index (Phi) is 2.99. The lowest BCUT2D eigenvalue weighted by atomic mass is 9.91. The first kappa shape index (κ1) is 11.6. The second kappa shape index (κ2) is 4.65. The van der Waals surface area contributed by atoms with E-state index in [1.54, 1.807) is 0 Å². The molecule has 2 aliphatic rings. The van der Waals surface area contributed by atoms with Crippen LogP contribution >= 0.6 is 0 Å². The van der Waals surface area contributed by atoms with Crippen LogP contribution in [0.5, 0.6) is 0 Å². The largest absolute Gasteiger partial charge is 0.363 e. The molecule has 2 heterocycles. The zero-order chi connectivity index (χ0) is 12.5. The fraction of sp³-hybridized carbons (Fsp3) is 0.615. The zero-order valence-corrected chi connectivity index (χ0v) is 10.4. The van der Waals surface area contributed by atoms with Crippen molar-refractivity contribution in [2.75, 3.05) is 6.54 Å². The fourth-order valence-electron chi connectivity index (χ4n) is 3.02. The van der Waals surface area contributed by atoms with Crippen LogP contribution in [0.1, 0.15) is 37.4 Å². The molecule has 1 aliphatic carbocycles. The maximum Gasteiger partial charge on any atom is 0.318 e. The van der Waals surface area contributed by atoms with Gasteiger partial charge in [0.15, 0.2) is 0 Å². The minimum absolute atomic E-state index is 0.0649. The molecular formula is C13H20N4O. The fourth-order valence-corrected chi connectivity index (χ4v) is 3.02. The first-order chi connectivity index (χ1) is 8.74. The molecule has 1 saturated heterocycles. The summed E-state index contributed by atoms with van der Waals surface area (Å²) < 4.78 is 0. The van der Waals surface area contributed by atoms with E-state index in [1.165, 1.54) is 0 Å². The highest BCUT2D eigenvalue weighted by atomic mass is 16.2. The van der Waals surface area contributed by atoms with Crippen molar-refractivity contribution in [1.82, 2.24) is 15.2 Å². The highest BCUT2D eigenvalue weighted by molar-refractivity contribution is 5.77. The number of nitrogens with two attached hydrogens (primary N) is 1. The Morgan fingerprint density at radius 3 is 2.72 bits per heavy atom. The number of hydrogen-bond acceptors (Lipinski definition) is 2. The molecule has 5 heteroatoms. The lowest BCUT2D eigenvalue weighted by molar-refractivity contribution is 0.174. The van der Waals surface area contributed by atoms with Gasteiger partial charge in [0.05, 0.1) is 6.04 Å². The first-order valence-corrected chi connectivity index (χ1v) is 6.70. The Bertz CT molecular complexity index is 409. The van der Waals surface area contributed by atoms with Crippen LogP contribution in [0, 0.1) is 0 Å². The molecule has 0 aromatic carbocycles. The van der Waals surface area contributed by atoms with E-state index in [2.05, 4.69) is 10.3 Å². The van der Waals surface area contributed by atoms with Crippen LogP contribution in [0.15, 0.2) is 18.3 Å². The van der Waals surface area contributed by atoms with Crippen molar-refractivity contribution in [3.8, 4) is 0 Å². The molecule has 1 aromatic heterocycles. The molecule has 3 rings (SSSR count). The zero-order valence-electron chi connectivity index (χ0n) is 10.4. The Morgan fingerprint density at radius 1 is 1.28 bits per heavy atom. The van der Waals surface area contributed by atoms with Crippen LogP contribution in [0.25, 0.3) is 0 Å². The first-order valence-electron chi connectivity index (χ1n) is 6.70. The van der Waals surface area contributed by atoms with Crippen LogP contribution in [-0.4, -0.2) is 34.5 Å². The molecule has 0 radical (unpaired) electrons. The molecule has 18 heavy (non-hydrogen) atoms. The van der Waals surface area contributed by atoms with Gasteiger partial charge in [0.1, 0.15) is 0 Å². The molecular weight excluding hydrogens is 228 g/mol. The number of rotatable bonds is 2. The summed E-state index contributed by atoms with van der Waals surface area (Å²) in [5.41, 5.74) is 6.99. The SMILES string of the molecule is NC1CCC(N2CC(c3ccc[nH]3)NC2=O)CC1. The van der Waals surface area contributed by atoms with E-state index in [0.717, 1.165) is 37.9 Å². The number of aromatic nitrogens is 1. The quantitative estimate of drug-likeness (QED) is 0.739. The standard InChI is InChI=1S/C13H20N4O/c14-9-3-5-10(6-4-9)17-8-12(16-13(17)18)11-2-1-7-15-11/h1-2,7,9-10,12,15H,3-6,8,14H2,(H,16,18). The molecule has 2 fully saturated rings. The predicted octanol–water partition coefficient (Wildman–Crippen LogP) is 1.35. The van der Waals surface area contributed by atoms with E-state index in [9.17, 15) is 4.79 Å². The van der Waals surface area contributed by atoms with Crippen LogP contribution in [0.2, 0.25) is 0 Å². The van der Waals surface area contributed by atoms with Gasteiger partial charge in [-0.15, -0.1) is 0 Å². The molecule has 4 N–H and O–H groups in total. The Balaban J connectivity index is 1.66. The summed E-state index contributed by atoms with van der Waals surface area (Å²) in [6.07, 6.45) is 6.02. The minimum Gasteiger partial charge on any atom is -0.363 e. The number of urea groups is 1. The summed E-state index contributed by atoms with van der Waals surface area (Å²) in [5.74, 6) is 0. The van der Waals surface area contributed by atoms with Crippen LogP contribution in [0.4, 0.5) is 4.79 Å². The molecule has 1 saturated carbocycles. The van der Waals surface area contributed by atoms with Gasteiger partial charge in [-0.25, -0.2) is 4.79 Å². The average Bonchev–Trinajstić information content (AvgIpc) is 2.99. The van der Waals surface area contributed by atoms with E-state index >= 15 is 0 Å². The highest BCUT2D eigenvalue weighted by Gasteiger charge is 2.36. The van der Waals surface area contributed by atoms with Crippen molar-refractivity contribution in [2.45, 2.75) is 43.8 Å². The van der Waals surface area contributed by atoms with E-state index in [1.807, 2.05) is 23.2 Å². The Labute approximate surface area is 107 Å². The molecule has 1 aliphatic heterocycles. The number of carbonyl (C=O) groups is 1. The lowest BCUT2D eigenvalue weighted by Gasteiger charge is -2.32. The molecule has 1 unspecified atom stereocenters. The average molecular weight is 248 g/mol. The summed E-state index contributed by atoms with van der Waals surface area (Å²) in [6.45, 7) is 0.763. The van der Waals surface area contributed by atoms with Gasteiger partial charge < -0.3 is 20.9 Å². The van der Waals surface area contributed by atoms with Crippen molar-refractivity contribution in [3.63, 3.8) is 0 Å². The number of nitrogens with zero attached hydrogens (tertiary/aromatic N) is 1. The van der Waals surface area contributed by atoms with Crippen molar-refractivity contribution in [1.29, 1.82) is 0 Å². The number of amides is 2. The third-order valence-corrected chi connectivity index (χ3v) is 4.12. The molecule has 5 nitrogen and oxygen atoms in total. The van der Waals surface area contributed by atoms with E-state index in [4.69, 9.17) is 5.73 Å². The summed E-state index contributed by atoms with van der Waals surface area (Å²) in [5, 5.41) is 3.04. The van der Waals surface area contributed by atoms with Gasteiger partial charge in [-0.05, 0) is 37.8 Å². The molecule has 98 valence electrons. The van der Waals surface area contributed by atoms with Gasteiger partial charge in [0.2, 0.25) is 0 Å². The van der Waals surface area contributed by atoms with E-state index in [0.29, 0.717) is 12.1 Å². The monoisotopic (exact) mass is 248 g/mol. The second-order valence-electron chi connectivity index (χ2n) is 5.35. The van der Waals surface area contributed by atoms with Crippen LogP contribution in [0.3, 0.4) is 0 Å². The number of aromatic amines is 1. The van der Waals surface area contributed by atoms with Crippen molar-refractivity contribution in [2.24, 2.45) is 5.73 Å². The van der Waals surface area contributed by atoms with E-state index < -0.39 is 0 Å². The molecule has 2 amide bonds. The van der Waals surface area contributed by atoms with Crippen molar-refractivity contribution >= 4 is 6.03 Å². The van der Waals surface area contributed by atoms with Crippen molar-refractivity contribution < 1.29 is 4.79 Å². The number of hydrogen-bond donors (Lipinski definition) is 3. The van der Waals surface area contributed by atoms with Crippen LogP contribution < -0.4 is 11.1 Å². The third kappa shape index (κ3) is 2.10. The third-order valence-electron chi connectivity index (χ3n) is 4.12. The maximum atomic E-state index is 12.0. The smallest absolute Gasteiger partial charge is 0.318 e. The van der Waals surface area contributed by atoms with Gasteiger partial charge in [0, 0.05) is 30.5 Å². The number of H-pyrrole nitrogens is 1. The van der Waals surface area contributed by atoms with Crippen LogP contribution in [-0.2, 0) is 0 Å². The second-order valence-corrected chi connectivity index (χ2v) is 5.35. The molecule has 0 spiro atoms. The van der Waals surface area contributed by atoms with Gasteiger partial charge in [-0.1, -0.05) is 0 Å². The Morgan fingerprint density at radius 2 is 2.06 bits per heavy atom. The lowest BCUT2D eigenvalue weighted by Crippen LogP contribution is -2.42. The van der Waals surface area contributed by atoms with Gasteiger partial charge in [-0.3, -0.25) is 0 Å². The van der Waals surface area contributed by atoms with Gasteiger partial charge >= 0.3 is 6.03 Å². The highest BCUT2D eigenvalue weighted by Crippen LogP contribution is 2.27. The number of nitrogens with one attached hydrogen (secondary N) is 2. The number of carbonyl (C=O) groups excluding carboxylic acids is 1. The molecule has 0 bridgehead atoms. The summed E-state index contributed by atoms with van der Waals surface area (Å²) in [7, 11) is 0. The summed E-state index contributed by atoms with van der Waals surface area (Å²) in [6, 6.07) is 4.84. The summed E-state index contributed by atoms with van der Waals surface area (Å²) in [4.78, 5) is 17.2. The normalized spacial score (nSPS) is 32.6. The topological polar surface area (TPSA) is 74.2 Å². The minimum atomic E-state index is 0.0649. The van der Waals surface area contributed by atoms with Gasteiger partial charge in [0.25, 0.3) is 0 Å². The molecule has 1 atom stereocenters. The van der Waals surface area contributed by atoms with Gasteiger partial charge in [-0.2, -0.15) is 0 Å². The van der Waals surface area contributed by atoms with Crippen molar-refractivity contribution in [3.05, 3.63) is 24.0 Å². The predicted molar refractivity (Wildman–Crippen MR) is 69.0 cm³/mol. The maximum absolute atomic E-state index is 12.0. The summed E-state index contributed by atoms with van der Waals surface area (Å²) >= 11 is 0. The Hall–Kier alpha value is -1.49. The van der Waals surface area contributed by atoms with E-state index in [-0.39, 0.29) is 12.1 Å². The molecule has 1 aromatic rings.